The van der Waals surface area contributed by atoms with Gasteiger partial charge < -0.3 is 19.0 Å². The number of aliphatic hydroxyl groups is 1. The monoisotopic (exact) mass is 304 g/mol. The van der Waals surface area contributed by atoms with E-state index in [-0.39, 0.29) is 11.1 Å². The molecular formula is C16H16O6. The lowest BCUT2D eigenvalue weighted by molar-refractivity contribution is -0.104. The number of ether oxygens (including phenoxy) is 2. The second-order valence-electron chi connectivity index (χ2n) is 4.67. The second kappa shape index (κ2) is 6.44. The number of methoxy groups -OCH3 is 2. The fourth-order valence-electron chi connectivity index (χ4n) is 2.19. The number of carbonyl (C=O) groups excluding carboxylic acids is 1. The first-order valence-electron chi connectivity index (χ1n) is 6.52. The minimum atomic E-state index is -1.17. The molecule has 2 aromatic rings. The number of hydrogen-bond acceptors (Lipinski definition) is 6. The Hall–Kier alpha value is -2.60. The molecule has 1 unspecified atom stereocenters. The standard InChI is InChI=1S/C16H16O6/c1-9(8-17)6-11(18)15-13(21-3)7-12(20-2)10-4-5-14(19)22-16(10)15/h4-8,11,18H,1-3H3/b9-6+. The maximum Gasteiger partial charge on any atom is 0.336 e. The van der Waals surface area contributed by atoms with Crippen molar-refractivity contribution in [2.75, 3.05) is 14.2 Å². The van der Waals surface area contributed by atoms with E-state index in [1.165, 1.54) is 26.4 Å². The topological polar surface area (TPSA) is 86.0 Å². The molecule has 6 nitrogen and oxygen atoms in total. The summed E-state index contributed by atoms with van der Waals surface area (Å²) in [6, 6.07) is 4.40. The molecule has 0 saturated heterocycles. The Balaban J connectivity index is 2.83. The van der Waals surface area contributed by atoms with E-state index < -0.39 is 11.7 Å². The molecule has 1 N–H and O–H groups in total. The highest BCUT2D eigenvalue weighted by molar-refractivity contribution is 5.89. The third-order valence-corrected chi connectivity index (χ3v) is 3.21. The van der Waals surface area contributed by atoms with Gasteiger partial charge in [0.2, 0.25) is 0 Å². The Morgan fingerprint density at radius 1 is 1.27 bits per heavy atom. The molecule has 0 aliphatic rings. The van der Waals surface area contributed by atoms with Gasteiger partial charge in [-0.1, -0.05) is 0 Å². The number of aliphatic hydroxyl groups excluding tert-OH is 1. The van der Waals surface area contributed by atoms with Crippen molar-refractivity contribution in [3.05, 3.63) is 45.8 Å². The van der Waals surface area contributed by atoms with Crippen LogP contribution < -0.4 is 15.1 Å². The molecule has 1 heterocycles. The number of hydrogen-bond donors (Lipinski definition) is 1. The quantitative estimate of drug-likeness (QED) is 0.516. The van der Waals surface area contributed by atoms with E-state index >= 15 is 0 Å². The molecule has 0 spiro atoms. The summed E-state index contributed by atoms with van der Waals surface area (Å²) in [5, 5.41) is 10.9. The lowest BCUT2D eigenvalue weighted by atomic mass is 10.0. The Morgan fingerprint density at radius 3 is 2.55 bits per heavy atom. The van der Waals surface area contributed by atoms with Crippen LogP contribution in [0.2, 0.25) is 0 Å². The first-order valence-corrected chi connectivity index (χ1v) is 6.52. The third-order valence-electron chi connectivity index (χ3n) is 3.21. The molecule has 0 radical (unpaired) electrons. The maximum absolute atomic E-state index is 11.5. The highest BCUT2D eigenvalue weighted by Gasteiger charge is 2.21. The second-order valence-corrected chi connectivity index (χ2v) is 4.67. The SMILES string of the molecule is COc1cc(OC)c2ccc(=O)oc2c1C(O)/C=C(\C)C=O. The Labute approximate surface area is 126 Å². The zero-order chi connectivity index (χ0) is 16.3. The summed E-state index contributed by atoms with van der Waals surface area (Å²) in [6.45, 7) is 1.56. The van der Waals surface area contributed by atoms with Gasteiger partial charge >= 0.3 is 5.63 Å². The summed E-state index contributed by atoms with van der Waals surface area (Å²) in [5.41, 5.74) is 0.201. The first-order chi connectivity index (χ1) is 10.5. The van der Waals surface area contributed by atoms with E-state index in [4.69, 9.17) is 13.9 Å². The van der Waals surface area contributed by atoms with Crippen LogP contribution in [0.3, 0.4) is 0 Å². The molecule has 0 bridgehead atoms. The fourth-order valence-corrected chi connectivity index (χ4v) is 2.19. The van der Waals surface area contributed by atoms with Crippen molar-refractivity contribution >= 4 is 17.3 Å². The molecule has 0 aliphatic heterocycles. The van der Waals surface area contributed by atoms with Crippen LogP contribution in [-0.4, -0.2) is 25.6 Å². The Kier molecular flexibility index (Phi) is 4.62. The molecular weight excluding hydrogens is 288 g/mol. The number of fused-ring (bicyclic) bond motifs is 1. The Bertz CT molecular complexity index is 787. The first kappa shape index (κ1) is 15.8. The number of aldehydes is 1. The zero-order valence-corrected chi connectivity index (χ0v) is 12.5. The molecule has 1 atom stereocenters. The average Bonchev–Trinajstić information content (AvgIpc) is 2.52. The minimum Gasteiger partial charge on any atom is -0.496 e. The van der Waals surface area contributed by atoms with Gasteiger partial charge in [-0.25, -0.2) is 4.79 Å². The van der Waals surface area contributed by atoms with Gasteiger partial charge in [0.25, 0.3) is 0 Å². The van der Waals surface area contributed by atoms with Crippen molar-refractivity contribution in [1.29, 1.82) is 0 Å². The summed E-state index contributed by atoms with van der Waals surface area (Å²) in [7, 11) is 2.90. The van der Waals surface area contributed by atoms with E-state index in [2.05, 4.69) is 0 Å². The van der Waals surface area contributed by atoms with Crippen LogP contribution in [0.25, 0.3) is 11.0 Å². The summed E-state index contributed by atoms with van der Waals surface area (Å²) >= 11 is 0. The minimum absolute atomic E-state index is 0.158. The van der Waals surface area contributed by atoms with Crippen LogP contribution in [0.1, 0.15) is 18.6 Å². The number of carbonyl (C=O) groups is 1. The molecule has 22 heavy (non-hydrogen) atoms. The van der Waals surface area contributed by atoms with Crippen molar-refractivity contribution in [2.45, 2.75) is 13.0 Å². The number of benzene rings is 1. The Morgan fingerprint density at radius 2 is 1.95 bits per heavy atom. The molecule has 116 valence electrons. The van der Waals surface area contributed by atoms with Gasteiger partial charge in [-0.2, -0.15) is 0 Å². The fraction of sp³-hybridized carbons (Fsp3) is 0.250. The average molecular weight is 304 g/mol. The van der Waals surface area contributed by atoms with E-state index in [0.717, 1.165) is 0 Å². The molecule has 0 amide bonds. The van der Waals surface area contributed by atoms with E-state index in [1.54, 1.807) is 19.1 Å². The van der Waals surface area contributed by atoms with Gasteiger partial charge in [0.1, 0.15) is 23.9 Å². The van der Waals surface area contributed by atoms with Gasteiger partial charge in [-0.3, -0.25) is 4.79 Å². The van der Waals surface area contributed by atoms with Crippen molar-refractivity contribution in [1.82, 2.24) is 0 Å². The molecule has 0 saturated carbocycles. The molecule has 0 aliphatic carbocycles. The normalized spacial score (nSPS) is 13.0. The van der Waals surface area contributed by atoms with Crippen molar-refractivity contribution in [3.8, 4) is 11.5 Å². The van der Waals surface area contributed by atoms with Crippen LogP contribution in [0, 0.1) is 0 Å². The summed E-state index contributed by atoms with van der Waals surface area (Å²) in [6.07, 6.45) is 0.806. The van der Waals surface area contributed by atoms with Gasteiger partial charge in [-0.05, 0) is 24.6 Å². The third kappa shape index (κ3) is 2.87. The summed E-state index contributed by atoms with van der Waals surface area (Å²) < 4.78 is 15.7. The highest BCUT2D eigenvalue weighted by Crippen LogP contribution is 2.39. The van der Waals surface area contributed by atoms with Crippen LogP contribution in [0.15, 0.2) is 39.1 Å². The van der Waals surface area contributed by atoms with Crippen molar-refractivity contribution in [3.63, 3.8) is 0 Å². The lowest BCUT2D eigenvalue weighted by Crippen LogP contribution is -2.04. The summed E-state index contributed by atoms with van der Waals surface area (Å²) in [5.74, 6) is 0.740. The zero-order valence-electron chi connectivity index (χ0n) is 12.5. The van der Waals surface area contributed by atoms with Gasteiger partial charge in [-0.15, -0.1) is 0 Å². The molecule has 6 heteroatoms. The van der Waals surface area contributed by atoms with Crippen molar-refractivity contribution < 1.29 is 23.8 Å². The molecule has 0 fully saturated rings. The molecule has 1 aromatic carbocycles. The largest absolute Gasteiger partial charge is 0.496 e. The van der Waals surface area contributed by atoms with Gasteiger partial charge in [0, 0.05) is 12.1 Å². The predicted octanol–water partition coefficient (Wildman–Crippen LogP) is 1.99. The molecule has 1 aromatic heterocycles. The van der Waals surface area contributed by atoms with Crippen molar-refractivity contribution in [2.24, 2.45) is 0 Å². The maximum atomic E-state index is 11.5. The van der Waals surface area contributed by atoms with Crippen LogP contribution in [0.5, 0.6) is 11.5 Å². The van der Waals surface area contributed by atoms with Crippen LogP contribution >= 0.6 is 0 Å². The van der Waals surface area contributed by atoms with Crippen LogP contribution in [0.4, 0.5) is 0 Å². The van der Waals surface area contributed by atoms with E-state index in [1.807, 2.05) is 0 Å². The summed E-state index contributed by atoms with van der Waals surface area (Å²) in [4.78, 5) is 22.3. The van der Waals surface area contributed by atoms with Gasteiger partial charge in [0.15, 0.2) is 5.58 Å². The predicted molar refractivity (Wildman–Crippen MR) is 80.4 cm³/mol. The number of rotatable bonds is 5. The highest BCUT2D eigenvalue weighted by atomic mass is 16.5. The van der Waals surface area contributed by atoms with Crippen LogP contribution in [-0.2, 0) is 4.79 Å². The number of allylic oxidation sites excluding steroid dienone is 1. The van der Waals surface area contributed by atoms with Gasteiger partial charge in [0.05, 0.1) is 25.2 Å². The van der Waals surface area contributed by atoms with E-state index in [9.17, 15) is 14.7 Å². The van der Waals surface area contributed by atoms with E-state index in [0.29, 0.717) is 28.7 Å². The molecule has 2 rings (SSSR count). The lowest BCUT2D eigenvalue weighted by Gasteiger charge is -2.16. The smallest absolute Gasteiger partial charge is 0.336 e.